The second kappa shape index (κ2) is 12.4. The van der Waals surface area contributed by atoms with Gasteiger partial charge < -0.3 is 10.6 Å². The molecule has 2 aromatic carbocycles. The van der Waals surface area contributed by atoms with Crippen molar-refractivity contribution >= 4 is 17.8 Å². The maximum absolute atomic E-state index is 13.9. The Hall–Kier alpha value is -4.28. The van der Waals surface area contributed by atoms with Gasteiger partial charge in [-0.2, -0.15) is 13.2 Å². The van der Waals surface area contributed by atoms with Crippen LogP contribution >= 0.6 is 0 Å². The average molecular weight is 607 g/mol. The molecule has 44 heavy (non-hydrogen) atoms. The van der Waals surface area contributed by atoms with Crippen LogP contribution in [0.4, 0.5) is 13.2 Å². The molecule has 11 heteroatoms. The number of fused-ring (bicyclic) bond motifs is 1. The number of amides is 2. The number of halogens is 3. The molecule has 0 saturated heterocycles. The normalized spacial score (nSPS) is 19.0. The van der Waals surface area contributed by atoms with Crippen molar-refractivity contribution < 1.29 is 22.8 Å². The number of aliphatic imine (C=N–C) groups is 1. The first kappa shape index (κ1) is 31.2. The molecule has 0 spiro atoms. The van der Waals surface area contributed by atoms with E-state index in [1.165, 1.54) is 34.3 Å². The number of aromatic nitrogens is 2. The first-order chi connectivity index (χ1) is 20.9. The highest BCUT2D eigenvalue weighted by atomic mass is 19.4. The topological polar surface area (TPSA) is 105 Å². The van der Waals surface area contributed by atoms with E-state index >= 15 is 0 Å². The molecular weight excluding hydrogens is 569 g/mol. The summed E-state index contributed by atoms with van der Waals surface area (Å²) in [5.74, 6) is -0.345. The minimum Gasteiger partial charge on any atom is -0.369 e. The predicted octanol–water partition coefficient (Wildman–Crippen LogP) is 5.71. The summed E-state index contributed by atoms with van der Waals surface area (Å²) in [5, 5.41) is 0. The van der Waals surface area contributed by atoms with Crippen LogP contribution in [0.25, 0.3) is 0 Å². The average Bonchev–Trinajstić information content (AvgIpc) is 3.53. The molecule has 232 valence electrons. The van der Waals surface area contributed by atoms with Gasteiger partial charge in [-0.1, -0.05) is 57.2 Å². The number of hydrogen-bond acceptors (Lipinski definition) is 6. The van der Waals surface area contributed by atoms with Crippen LogP contribution in [0.2, 0.25) is 0 Å². The fraction of sp³-hybridized carbons (Fsp3) is 0.424. The van der Waals surface area contributed by atoms with Crippen molar-refractivity contribution in [2.24, 2.45) is 22.6 Å². The van der Waals surface area contributed by atoms with Crippen molar-refractivity contribution in [3.8, 4) is 0 Å². The smallest absolute Gasteiger partial charge is 0.369 e. The van der Waals surface area contributed by atoms with Gasteiger partial charge in [-0.15, -0.1) is 0 Å². The van der Waals surface area contributed by atoms with Gasteiger partial charge in [-0.25, -0.2) is 4.99 Å². The quantitative estimate of drug-likeness (QED) is 0.319. The number of rotatable bonds is 10. The Labute approximate surface area is 255 Å². The van der Waals surface area contributed by atoms with Crippen LogP contribution in [0.3, 0.4) is 0 Å². The minimum absolute atomic E-state index is 0.0258. The number of hydrogen-bond donors (Lipinski definition) is 1. The fourth-order valence-electron chi connectivity index (χ4n) is 5.94. The third kappa shape index (κ3) is 6.32. The lowest BCUT2D eigenvalue weighted by Crippen LogP contribution is -2.44. The van der Waals surface area contributed by atoms with Gasteiger partial charge >= 0.3 is 6.18 Å². The minimum atomic E-state index is -4.69. The molecule has 3 aromatic rings. The van der Waals surface area contributed by atoms with Crippen molar-refractivity contribution in [3.05, 3.63) is 94.6 Å². The zero-order valence-corrected chi connectivity index (χ0v) is 25.1. The first-order valence-electron chi connectivity index (χ1n) is 14.9. The number of carbonyl (C=O) groups is 2. The van der Waals surface area contributed by atoms with Crippen LogP contribution < -0.4 is 5.73 Å². The summed E-state index contributed by atoms with van der Waals surface area (Å²) in [6.45, 7) is 6.70. The molecule has 5 rings (SSSR count). The summed E-state index contributed by atoms with van der Waals surface area (Å²) < 4.78 is 41.8. The molecule has 0 bridgehead atoms. The second-order valence-corrected chi connectivity index (χ2v) is 12.2. The van der Waals surface area contributed by atoms with E-state index in [0.29, 0.717) is 48.7 Å². The van der Waals surface area contributed by atoms with Crippen molar-refractivity contribution in [3.63, 3.8) is 0 Å². The maximum Gasteiger partial charge on any atom is 0.417 e. The number of guanidine groups is 1. The summed E-state index contributed by atoms with van der Waals surface area (Å²) in [7, 11) is 0. The van der Waals surface area contributed by atoms with E-state index in [-0.39, 0.29) is 36.4 Å². The summed E-state index contributed by atoms with van der Waals surface area (Å²) in [4.78, 5) is 43.2. The van der Waals surface area contributed by atoms with Crippen LogP contribution in [0.1, 0.15) is 78.5 Å². The van der Waals surface area contributed by atoms with Gasteiger partial charge in [0.1, 0.15) is 0 Å². The fourth-order valence-corrected chi connectivity index (χ4v) is 5.94. The Morgan fingerprint density at radius 1 is 1.00 bits per heavy atom. The predicted molar refractivity (Wildman–Crippen MR) is 160 cm³/mol. The highest BCUT2D eigenvalue weighted by molar-refractivity contribution is 6.07. The molecule has 2 aliphatic heterocycles. The number of benzene rings is 2. The zero-order valence-electron chi connectivity index (χ0n) is 25.1. The molecule has 2 amide bonds. The molecule has 1 aromatic heterocycles. The molecule has 2 aliphatic rings. The Morgan fingerprint density at radius 3 is 2.27 bits per heavy atom. The molecule has 8 nitrogen and oxygen atoms in total. The molecule has 0 unspecified atom stereocenters. The Kier molecular flexibility index (Phi) is 8.76. The standard InChI is InChI=1S/C33H37F3N6O2/c1-21(2)11-13-32(24-7-5-4-6-8-24)30(44)42(31(37)40-32)16-12-22(3)17-23-9-10-26(33(34,35)36)25(18-23)29(43)41-19-27-28(20-41)39-15-14-38-27/h4-10,14-15,18,21-22H,11-13,16-17,19-20H2,1-3H3,(H2,37,40)/t22-,32+/m0/s1. The summed E-state index contributed by atoms with van der Waals surface area (Å²) in [6.07, 6.45) is 0.602. The third-order valence-corrected chi connectivity index (χ3v) is 8.39. The van der Waals surface area contributed by atoms with Gasteiger partial charge in [0.05, 0.1) is 35.6 Å². The lowest BCUT2D eigenvalue weighted by molar-refractivity contribution is -0.138. The van der Waals surface area contributed by atoms with Crippen molar-refractivity contribution in [1.82, 2.24) is 19.8 Å². The van der Waals surface area contributed by atoms with Crippen LogP contribution in [0.5, 0.6) is 0 Å². The number of nitrogens with two attached hydrogens (primary N) is 1. The lowest BCUT2D eigenvalue weighted by atomic mass is 9.83. The molecule has 0 aliphatic carbocycles. The van der Waals surface area contributed by atoms with Crippen LogP contribution in [-0.4, -0.2) is 44.1 Å². The van der Waals surface area contributed by atoms with Gasteiger partial charge in [0, 0.05) is 18.9 Å². The van der Waals surface area contributed by atoms with Crippen LogP contribution in [-0.2, 0) is 36.0 Å². The molecule has 2 atom stereocenters. The summed E-state index contributed by atoms with van der Waals surface area (Å²) >= 11 is 0. The van der Waals surface area contributed by atoms with E-state index < -0.39 is 23.2 Å². The second-order valence-electron chi connectivity index (χ2n) is 12.2. The zero-order chi connectivity index (χ0) is 31.6. The lowest BCUT2D eigenvalue weighted by Gasteiger charge is -2.28. The molecule has 0 radical (unpaired) electrons. The highest BCUT2D eigenvalue weighted by Gasteiger charge is 2.48. The van der Waals surface area contributed by atoms with E-state index in [9.17, 15) is 22.8 Å². The Balaban J connectivity index is 1.29. The molecule has 0 fully saturated rings. The van der Waals surface area contributed by atoms with E-state index in [1.54, 1.807) is 0 Å². The van der Waals surface area contributed by atoms with Gasteiger partial charge in [-0.05, 0) is 60.8 Å². The molecule has 0 saturated carbocycles. The molecule has 3 heterocycles. The number of alkyl halides is 3. The number of carbonyl (C=O) groups excluding carboxylic acids is 2. The SMILES string of the molecule is CC(C)CC[C@]1(c2ccccc2)N=C(N)N(CC[C@H](C)Cc2ccc(C(F)(F)F)c(C(=O)N3Cc4nccnc4C3)c2)C1=O. The molecular formula is C33H37F3N6O2. The third-order valence-electron chi connectivity index (χ3n) is 8.39. The van der Waals surface area contributed by atoms with Gasteiger partial charge in [0.15, 0.2) is 11.5 Å². The van der Waals surface area contributed by atoms with Crippen molar-refractivity contribution in [2.45, 2.75) is 71.3 Å². The van der Waals surface area contributed by atoms with Crippen LogP contribution in [0.15, 0.2) is 65.9 Å². The molecule has 2 N–H and O–H groups in total. The van der Waals surface area contributed by atoms with Crippen LogP contribution in [0, 0.1) is 11.8 Å². The van der Waals surface area contributed by atoms with E-state index in [0.717, 1.165) is 18.1 Å². The van der Waals surface area contributed by atoms with E-state index in [2.05, 4.69) is 23.8 Å². The van der Waals surface area contributed by atoms with Gasteiger partial charge in [0.2, 0.25) is 0 Å². The summed E-state index contributed by atoms with van der Waals surface area (Å²) in [5.41, 5.74) is 6.47. The van der Waals surface area contributed by atoms with E-state index in [4.69, 9.17) is 10.7 Å². The first-order valence-corrected chi connectivity index (χ1v) is 14.9. The number of nitrogens with zero attached hydrogens (tertiary/aromatic N) is 5. The van der Waals surface area contributed by atoms with Crippen molar-refractivity contribution in [2.75, 3.05) is 6.54 Å². The largest absolute Gasteiger partial charge is 0.417 e. The highest BCUT2D eigenvalue weighted by Crippen LogP contribution is 2.39. The van der Waals surface area contributed by atoms with Gasteiger partial charge in [-0.3, -0.25) is 24.5 Å². The monoisotopic (exact) mass is 606 g/mol. The Morgan fingerprint density at radius 2 is 1.66 bits per heavy atom. The Bertz CT molecular complexity index is 1530. The van der Waals surface area contributed by atoms with Gasteiger partial charge in [0.25, 0.3) is 11.8 Å². The summed E-state index contributed by atoms with van der Waals surface area (Å²) in [6, 6.07) is 13.2. The van der Waals surface area contributed by atoms with Crippen molar-refractivity contribution in [1.29, 1.82) is 0 Å². The van der Waals surface area contributed by atoms with E-state index in [1.807, 2.05) is 37.3 Å². The maximum atomic E-state index is 13.9.